The number of nitrogens with one attached hydrogen (secondary N) is 2. The molecule has 0 saturated carbocycles. The number of aromatic carboxylic acids is 1. The van der Waals surface area contributed by atoms with E-state index in [-0.39, 0.29) is 70.4 Å². The number of imide groups is 1. The van der Waals surface area contributed by atoms with Gasteiger partial charge < -0.3 is 29.9 Å². The Balaban J connectivity index is 0.858. The van der Waals surface area contributed by atoms with Gasteiger partial charge in [-0.3, -0.25) is 24.0 Å². The van der Waals surface area contributed by atoms with Gasteiger partial charge in [0.15, 0.2) is 17.2 Å². The third-order valence-electron chi connectivity index (χ3n) is 12.6. The molecule has 3 saturated heterocycles. The highest BCUT2D eigenvalue weighted by Crippen LogP contribution is 2.46. The number of likely N-dealkylation sites (tertiary alicyclic amines) is 1. The minimum atomic E-state index is -3.84. The number of hydrogen-bond acceptors (Lipinski definition) is 11. The number of halogens is 1. The summed E-state index contributed by atoms with van der Waals surface area (Å²) in [5.41, 5.74) is 2.66. The third-order valence-corrected chi connectivity index (χ3v) is 16.3. The zero-order chi connectivity index (χ0) is 47.9. The maximum absolute atomic E-state index is 14.0. The van der Waals surface area contributed by atoms with Crippen LogP contribution in [0.1, 0.15) is 85.1 Å². The minimum absolute atomic E-state index is 0.0312. The number of aryl methyl sites for hydroxylation is 1. The molecule has 21 heteroatoms. The molecule has 5 aromatic rings. The fourth-order valence-corrected chi connectivity index (χ4v) is 12.7. The summed E-state index contributed by atoms with van der Waals surface area (Å²) in [6.07, 6.45) is 2.16. The summed E-state index contributed by atoms with van der Waals surface area (Å²) in [5.74, 6) is -3.37. The van der Waals surface area contributed by atoms with Crippen LogP contribution in [0, 0.1) is 0 Å². The van der Waals surface area contributed by atoms with E-state index in [1.165, 1.54) is 13.4 Å². The van der Waals surface area contributed by atoms with E-state index in [1.807, 2.05) is 32.0 Å². The van der Waals surface area contributed by atoms with E-state index in [0.717, 1.165) is 16.9 Å². The normalized spacial score (nSPS) is 19.3. The van der Waals surface area contributed by atoms with Gasteiger partial charge in [-0.2, -0.15) is 4.31 Å². The number of fused-ring (bicyclic) bond motifs is 1. The molecule has 4 N–H and O–H groups in total. The predicted octanol–water partition coefficient (Wildman–Crippen LogP) is 6.42. The number of thiophene rings is 1. The van der Waals surface area contributed by atoms with Crippen LogP contribution in [0.2, 0.25) is 5.02 Å². The van der Waals surface area contributed by atoms with E-state index in [4.69, 9.17) is 26.2 Å². The van der Waals surface area contributed by atoms with Crippen molar-refractivity contribution in [3.8, 4) is 21.9 Å². The maximum atomic E-state index is 14.0. The van der Waals surface area contributed by atoms with Crippen molar-refractivity contribution in [2.75, 3.05) is 31.6 Å². The van der Waals surface area contributed by atoms with Crippen molar-refractivity contribution in [1.82, 2.24) is 23.7 Å². The Kier molecular flexibility index (Phi) is 13.3. The fourth-order valence-electron chi connectivity index (χ4n) is 9.34. The molecule has 3 fully saturated rings. The van der Waals surface area contributed by atoms with Gasteiger partial charge in [0.1, 0.15) is 22.9 Å². The van der Waals surface area contributed by atoms with E-state index in [0.29, 0.717) is 77.2 Å². The molecule has 3 aliphatic heterocycles. The van der Waals surface area contributed by atoms with Gasteiger partial charge in [0, 0.05) is 50.7 Å². The summed E-state index contributed by atoms with van der Waals surface area (Å²) in [4.78, 5) is 75.9. The van der Waals surface area contributed by atoms with Gasteiger partial charge in [0.05, 0.1) is 21.7 Å². The SMILES string of the molecule is Cn1c(=O)n(C2CCC(=O)NC2=O)c2ccc(C3CCN(C(=O)Nc4cccc(CS(=O)(=O)N5CC[C@H](Oc6cccc(-c7sc(C(=O)O)c(OCC(=O)O)c7Cl)c6)CC5(C)C)c4)CC3)cc21. The van der Waals surface area contributed by atoms with Crippen LogP contribution in [-0.4, -0.2) is 105 Å². The molecule has 3 aromatic carbocycles. The highest BCUT2D eigenvalue weighted by molar-refractivity contribution is 7.88. The molecule has 5 heterocycles. The molecule has 67 heavy (non-hydrogen) atoms. The second-order valence-electron chi connectivity index (χ2n) is 17.6. The van der Waals surface area contributed by atoms with Crippen molar-refractivity contribution >= 4 is 79.5 Å². The lowest BCUT2D eigenvalue weighted by atomic mass is 9.89. The molecule has 4 amide bonds. The minimum Gasteiger partial charge on any atom is -0.490 e. The molecule has 2 atom stereocenters. The topological polar surface area (TPSA) is 236 Å². The molecule has 18 nitrogen and oxygen atoms in total. The van der Waals surface area contributed by atoms with Gasteiger partial charge in [-0.15, -0.1) is 11.3 Å². The number of sulfonamides is 1. The number of piperidine rings is 3. The summed E-state index contributed by atoms with van der Waals surface area (Å²) in [6, 6.07) is 18.3. The second-order valence-corrected chi connectivity index (χ2v) is 20.9. The van der Waals surface area contributed by atoms with E-state index in [2.05, 4.69) is 10.6 Å². The highest BCUT2D eigenvalue weighted by Gasteiger charge is 2.42. The largest absolute Gasteiger partial charge is 0.490 e. The molecule has 8 rings (SSSR count). The summed E-state index contributed by atoms with van der Waals surface area (Å²) in [7, 11) is -2.18. The molecular formula is C46H49ClN6O12S2. The van der Waals surface area contributed by atoms with Crippen LogP contribution in [0.4, 0.5) is 10.5 Å². The van der Waals surface area contributed by atoms with Crippen molar-refractivity contribution in [3.63, 3.8) is 0 Å². The molecule has 1 unspecified atom stereocenters. The number of carbonyl (C=O) groups is 5. The van der Waals surface area contributed by atoms with E-state index < -0.39 is 46.1 Å². The smallest absolute Gasteiger partial charge is 0.349 e. The zero-order valence-electron chi connectivity index (χ0n) is 36.8. The Hall–Kier alpha value is -6.22. The predicted molar refractivity (Wildman–Crippen MR) is 250 cm³/mol. The number of aromatic nitrogens is 2. The number of nitrogens with zero attached hydrogens (tertiary/aromatic N) is 4. The van der Waals surface area contributed by atoms with Crippen LogP contribution in [0.15, 0.2) is 71.5 Å². The Morgan fingerprint density at radius 2 is 1.69 bits per heavy atom. The summed E-state index contributed by atoms with van der Waals surface area (Å²) >= 11 is 7.35. The van der Waals surface area contributed by atoms with Crippen LogP contribution in [0.5, 0.6) is 11.5 Å². The van der Waals surface area contributed by atoms with E-state index in [9.17, 15) is 42.3 Å². The first kappa shape index (κ1) is 47.3. The van der Waals surface area contributed by atoms with Crippen LogP contribution >= 0.6 is 22.9 Å². The van der Waals surface area contributed by atoms with Crippen LogP contribution in [-0.2, 0) is 37.2 Å². The first-order valence-electron chi connectivity index (χ1n) is 21.7. The molecule has 0 bridgehead atoms. The van der Waals surface area contributed by atoms with E-state index >= 15 is 0 Å². The van der Waals surface area contributed by atoms with Crippen LogP contribution in [0.3, 0.4) is 0 Å². The van der Waals surface area contributed by atoms with Gasteiger partial charge in [-0.1, -0.05) is 41.9 Å². The first-order chi connectivity index (χ1) is 31.8. The van der Waals surface area contributed by atoms with Crippen LogP contribution in [0.25, 0.3) is 21.5 Å². The van der Waals surface area contributed by atoms with Crippen LogP contribution < -0.4 is 25.8 Å². The Labute approximate surface area is 394 Å². The standard InChI is InChI=1S/C46H49ClN6O12S2/c1-46(2)23-32(65-31-9-5-7-29(21-31)40-38(47)39(64-24-37(55)56)41(66-40)43(58)59)16-19-52(46)67(62,63)25-26-6-4-8-30(20-26)48-44(60)51-17-14-27(15-18-51)28-10-11-33-35(22-28)50(3)45(61)53(33)34-12-13-36(54)49-42(34)57/h4-11,20-22,27,32,34H,12-19,23-25H2,1-3H3,(H,48,60)(H,55,56)(H,58,59)(H,49,54,57)/t32-,34?/m0/s1. The number of anilines is 1. The Morgan fingerprint density at radius 1 is 0.940 bits per heavy atom. The lowest BCUT2D eigenvalue weighted by Gasteiger charge is -2.44. The van der Waals surface area contributed by atoms with Crippen molar-refractivity contribution in [3.05, 3.63) is 98.2 Å². The van der Waals surface area contributed by atoms with Crippen molar-refractivity contribution in [2.24, 2.45) is 7.05 Å². The summed E-state index contributed by atoms with van der Waals surface area (Å²) in [6.45, 7) is 4.06. The number of imidazole rings is 1. The molecular weight excluding hydrogens is 928 g/mol. The van der Waals surface area contributed by atoms with Gasteiger partial charge in [0.25, 0.3) is 0 Å². The molecule has 354 valence electrons. The number of benzene rings is 3. The lowest BCUT2D eigenvalue weighted by Crippen LogP contribution is -2.55. The first-order valence-corrected chi connectivity index (χ1v) is 24.5. The molecule has 0 radical (unpaired) electrons. The third kappa shape index (κ3) is 9.93. The summed E-state index contributed by atoms with van der Waals surface area (Å²) < 4.78 is 44.1. The van der Waals surface area contributed by atoms with E-state index in [1.54, 1.807) is 60.5 Å². The number of urea groups is 1. The van der Waals surface area contributed by atoms with Crippen molar-refractivity contribution in [2.45, 2.75) is 81.7 Å². The number of aliphatic carboxylic acids is 1. The van der Waals surface area contributed by atoms with Gasteiger partial charge in [-0.05, 0) is 98.5 Å². The van der Waals surface area contributed by atoms with Gasteiger partial charge in [-0.25, -0.2) is 27.6 Å². The molecule has 3 aliphatic rings. The van der Waals surface area contributed by atoms with Crippen molar-refractivity contribution < 1.29 is 52.1 Å². The number of rotatable bonds is 13. The highest BCUT2D eigenvalue weighted by atomic mass is 35.5. The quantitative estimate of drug-likeness (QED) is 0.0936. The second kappa shape index (κ2) is 18.8. The maximum Gasteiger partial charge on any atom is 0.349 e. The lowest BCUT2D eigenvalue weighted by molar-refractivity contribution is -0.139. The average Bonchev–Trinajstić information content (AvgIpc) is 3.73. The number of carboxylic acid groups (broad SMARTS) is 2. The number of carbonyl (C=O) groups excluding carboxylic acids is 3. The van der Waals surface area contributed by atoms with Gasteiger partial charge in [0.2, 0.25) is 21.8 Å². The molecule has 0 spiro atoms. The zero-order valence-corrected chi connectivity index (χ0v) is 39.2. The summed E-state index contributed by atoms with van der Waals surface area (Å²) in [5, 5.41) is 24.0. The Bertz CT molecular complexity index is 2970. The van der Waals surface area contributed by atoms with Crippen molar-refractivity contribution in [1.29, 1.82) is 0 Å². The monoisotopic (exact) mass is 976 g/mol. The average molecular weight is 978 g/mol. The number of ether oxygens (including phenoxy) is 2. The molecule has 2 aromatic heterocycles. The fraction of sp³-hybridized carbons (Fsp3) is 0.391. The molecule has 0 aliphatic carbocycles. The van der Waals surface area contributed by atoms with Gasteiger partial charge >= 0.3 is 23.7 Å². The Morgan fingerprint density at radius 3 is 2.39 bits per heavy atom. The number of hydrogen-bond donors (Lipinski definition) is 4. The number of amides is 4. The number of carboxylic acids is 2.